The van der Waals surface area contributed by atoms with Crippen LogP contribution in [-0.4, -0.2) is 32.0 Å². The Kier molecular flexibility index (Phi) is 4.23. The lowest BCUT2D eigenvalue weighted by atomic mass is 10.5. The van der Waals surface area contributed by atoms with Crippen LogP contribution in [0.25, 0.3) is 0 Å². The summed E-state index contributed by atoms with van der Waals surface area (Å²) >= 11 is 0. The first kappa shape index (κ1) is 8.90. The topological polar surface area (TPSA) is 84.2 Å². The molecular formula is C5H11N3O2. The number of hydrogen-bond donors (Lipinski definition) is 3. The molecule has 4 N–H and O–H groups in total. The van der Waals surface area contributed by atoms with Crippen LogP contribution in [0.5, 0.6) is 0 Å². The molecule has 0 aromatic carbocycles. The molecular weight excluding hydrogens is 134 g/mol. The number of hydrogen-bond acceptors (Lipinski definition) is 3. The highest BCUT2D eigenvalue weighted by atomic mass is 16.2. The first-order chi connectivity index (χ1) is 4.70. The number of nitrogens with one attached hydrogen (secondary N) is 2. The van der Waals surface area contributed by atoms with E-state index in [2.05, 4.69) is 10.6 Å². The molecule has 0 heterocycles. The van der Waals surface area contributed by atoms with E-state index < -0.39 is 0 Å². The molecule has 0 unspecified atom stereocenters. The van der Waals surface area contributed by atoms with E-state index in [0.717, 1.165) is 0 Å². The molecule has 0 aliphatic rings. The molecule has 5 heteroatoms. The van der Waals surface area contributed by atoms with E-state index in [-0.39, 0.29) is 24.9 Å². The van der Waals surface area contributed by atoms with Gasteiger partial charge in [-0.2, -0.15) is 0 Å². The lowest BCUT2D eigenvalue weighted by molar-refractivity contribution is -0.125. The standard InChI is InChI=1S/C5H11N3O2/c1-7-5(10)3-8-4(9)2-6/h2-3,6H2,1H3,(H,7,10)(H,8,9). The molecule has 0 aromatic rings. The maximum absolute atomic E-state index is 10.5. The Labute approximate surface area is 59.0 Å². The average Bonchev–Trinajstić information content (AvgIpc) is 1.99. The van der Waals surface area contributed by atoms with E-state index >= 15 is 0 Å². The summed E-state index contributed by atoms with van der Waals surface area (Å²) in [5.41, 5.74) is 4.96. The van der Waals surface area contributed by atoms with Crippen LogP contribution in [0.2, 0.25) is 0 Å². The summed E-state index contributed by atoms with van der Waals surface area (Å²) in [4.78, 5) is 20.9. The summed E-state index contributed by atoms with van der Waals surface area (Å²) in [5.74, 6) is -0.564. The second-order valence-corrected chi connectivity index (χ2v) is 1.65. The molecule has 0 radical (unpaired) electrons. The summed E-state index contributed by atoms with van der Waals surface area (Å²) in [6.07, 6.45) is 0. The van der Waals surface area contributed by atoms with Gasteiger partial charge in [0.2, 0.25) is 11.8 Å². The van der Waals surface area contributed by atoms with Crippen molar-refractivity contribution < 1.29 is 9.59 Å². The number of nitrogens with two attached hydrogens (primary N) is 1. The molecule has 0 bridgehead atoms. The van der Waals surface area contributed by atoms with Crippen molar-refractivity contribution in [3.63, 3.8) is 0 Å². The fourth-order valence-electron chi connectivity index (χ4n) is 0.339. The Bertz CT molecular complexity index is 119. The Morgan fingerprint density at radius 3 is 2.40 bits per heavy atom. The molecule has 0 atom stereocenters. The zero-order valence-electron chi connectivity index (χ0n) is 5.81. The molecule has 0 fully saturated rings. The predicted molar refractivity (Wildman–Crippen MR) is 36.1 cm³/mol. The van der Waals surface area contributed by atoms with Gasteiger partial charge in [-0.05, 0) is 0 Å². The lowest BCUT2D eigenvalue weighted by Crippen LogP contribution is -2.38. The summed E-state index contributed by atoms with van der Waals surface area (Å²) in [6.45, 7) is -0.0937. The van der Waals surface area contributed by atoms with Crippen molar-refractivity contribution in [3.8, 4) is 0 Å². The van der Waals surface area contributed by atoms with Crippen molar-refractivity contribution in [1.29, 1.82) is 0 Å². The molecule has 0 rings (SSSR count). The largest absolute Gasteiger partial charge is 0.358 e. The molecule has 2 amide bonds. The first-order valence-electron chi connectivity index (χ1n) is 2.88. The number of rotatable bonds is 3. The van der Waals surface area contributed by atoms with Crippen LogP contribution in [0.1, 0.15) is 0 Å². The molecule has 0 saturated heterocycles. The van der Waals surface area contributed by atoms with E-state index in [1.165, 1.54) is 7.05 Å². The average molecular weight is 145 g/mol. The van der Waals surface area contributed by atoms with Gasteiger partial charge in [-0.3, -0.25) is 9.59 Å². The van der Waals surface area contributed by atoms with Gasteiger partial charge in [0.1, 0.15) is 0 Å². The quantitative estimate of drug-likeness (QED) is 0.421. The molecule has 0 saturated carbocycles. The number of carbonyl (C=O) groups excluding carboxylic acids is 2. The van der Waals surface area contributed by atoms with Crippen molar-refractivity contribution in [2.45, 2.75) is 0 Å². The second-order valence-electron chi connectivity index (χ2n) is 1.65. The van der Waals surface area contributed by atoms with Crippen molar-refractivity contribution in [3.05, 3.63) is 0 Å². The van der Waals surface area contributed by atoms with Crippen LogP contribution in [0.4, 0.5) is 0 Å². The van der Waals surface area contributed by atoms with Crippen LogP contribution in [0.3, 0.4) is 0 Å². The van der Waals surface area contributed by atoms with Crippen LogP contribution in [-0.2, 0) is 9.59 Å². The second kappa shape index (κ2) is 4.75. The van der Waals surface area contributed by atoms with E-state index in [4.69, 9.17) is 5.73 Å². The van der Waals surface area contributed by atoms with E-state index in [1.807, 2.05) is 0 Å². The Balaban J connectivity index is 3.35. The highest BCUT2D eigenvalue weighted by Crippen LogP contribution is 1.61. The molecule has 10 heavy (non-hydrogen) atoms. The van der Waals surface area contributed by atoms with Crippen LogP contribution in [0.15, 0.2) is 0 Å². The van der Waals surface area contributed by atoms with Crippen LogP contribution < -0.4 is 16.4 Å². The van der Waals surface area contributed by atoms with Crippen molar-refractivity contribution in [2.75, 3.05) is 20.1 Å². The van der Waals surface area contributed by atoms with Gasteiger partial charge in [0.05, 0.1) is 13.1 Å². The van der Waals surface area contributed by atoms with Crippen molar-refractivity contribution in [2.24, 2.45) is 5.73 Å². The molecule has 0 aliphatic heterocycles. The van der Waals surface area contributed by atoms with Crippen LogP contribution in [0, 0.1) is 0 Å². The Hall–Kier alpha value is -1.10. The van der Waals surface area contributed by atoms with Gasteiger partial charge in [-0.25, -0.2) is 0 Å². The minimum atomic E-state index is -0.330. The third kappa shape index (κ3) is 3.85. The Morgan fingerprint density at radius 2 is 2.00 bits per heavy atom. The normalized spacial score (nSPS) is 8.60. The van der Waals surface area contributed by atoms with Gasteiger partial charge in [0.15, 0.2) is 0 Å². The minimum absolute atomic E-state index is 0.00741. The van der Waals surface area contributed by atoms with E-state index in [0.29, 0.717) is 0 Å². The smallest absolute Gasteiger partial charge is 0.239 e. The maximum atomic E-state index is 10.5. The third-order valence-corrected chi connectivity index (χ3v) is 0.910. The number of carbonyl (C=O) groups is 2. The fraction of sp³-hybridized carbons (Fsp3) is 0.600. The van der Waals surface area contributed by atoms with Gasteiger partial charge in [0, 0.05) is 7.05 Å². The highest BCUT2D eigenvalue weighted by Gasteiger charge is 1.99. The lowest BCUT2D eigenvalue weighted by Gasteiger charge is -2.00. The maximum Gasteiger partial charge on any atom is 0.239 e. The summed E-state index contributed by atoms with van der Waals surface area (Å²) in [5, 5.41) is 4.66. The van der Waals surface area contributed by atoms with Gasteiger partial charge in [0.25, 0.3) is 0 Å². The SMILES string of the molecule is CNC(=O)CNC(=O)CN. The predicted octanol–water partition coefficient (Wildman–Crippen LogP) is -2.19. The van der Waals surface area contributed by atoms with Gasteiger partial charge in [-0.15, -0.1) is 0 Å². The monoisotopic (exact) mass is 145 g/mol. The molecule has 0 aromatic heterocycles. The first-order valence-corrected chi connectivity index (χ1v) is 2.88. The van der Waals surface area contributed by atoms with Crippen molar-refractivity contribution >= 4 is 11.8 Å². The third-order valence-electron chi connectivity index (χ3n) is 0.910. The minimum Gasteiger partial charge on any atom is -0.358 e. The van der Waals surface area contributed by atoms with E-state index in [1.54, 1.807) is 0 Å². The molecule has 0 aliphatic carbocycles. The Morgan fingerprint density at radius 1 is 1.40 bits per heavy atom. The molecule has 58 valence electrons. The molecule has 5 nitrogen and oxygen atoms in total. The van der Waals surface area contributed by atoms with Gasteiger partial charge >= 0.3 is 0 Å². The van der Waals surface area contributed by atoms with Gasteiger partial charge < -0.3 is 16.4 Å². The highest BCUT2D eigenvalue weighted by molar-refractivity contribution is 5.85. The number of amides is 2. The fourth-order valence-corrected chi connectivity index (χ4v) is 0.339. The van der Waals surface area contributed by atoms with E-state index in [9.17, 15) is 9.59 Å². The number of likely N-dealkylation sites (N-methyl/N-ethyl adjacent to an activating group) is 1. The van der Waals surface area contributed by atoms with Gasteiger partial charge in [-0.1, -0.05) is 0 Å². The zero-order valence-corrected chi connectivity index (χ0v) is 5.81. The van der Waals surface area contributed by atoms with Crippen LogP contribution >= 0.6 is 0 Å². The summed E-state index contributed by atoms with van der Waals surface area (Å²) < 4.78 is 0. The summed E-state index contributed by atoms with van der Waals surface area (Å²) in [6, 6.07) is 0. The zero-order chi connectivity index (χ0) is 7.98. The summed E-state index contributed by atoms with van der Waals surface area (Å²) in [7, 11) is 1.50. The molecule has 0 spiro atoms. The van der Waals surface area contributed by atoms with Crippen molar-refractivity contribution in [1.82, 2.24) is 10.6 Å².